The molecule has 21 atom stereocenters. The van der Waals surface area contributed by atoms with Crippen LogP contribution in [-0.4, -0.2) is 239 Å². The number of rotatable bonds is 15. The van der Waals surface area contributed by atoms with Gasteiger partial charge in [-0.2, -0.15) is 0 Å². The van der Waals surface area contributed by atoms with E-state index in [0.717, 1.165) is 6.08 Å². The number of hydrogen-bond acceptors (Lipinski definition) is 25. The second kappa shape index (κ2) is 21.3. The Morgan fingerprint density at radius 3 is 1.83 bits per heavy atom. The number of ether oxygens (including phenoxy) is 13. The molecule has 0 saturated carbocycles. The highest BCUT2D eigenvalue weighted by molar-refractivity contribution is 5.87. The zero-order valence-corrected chi connectivity index (χ0v) is 35.3. The molecule has 0 spiro atoms. The predicted molar refractivity (Wildman–Crippen MR) is 205 cm³/mol. The highest BCUT2D eigenvalue weighted by Crippen LogP contribution is 2.39. The van der Waals surface area contributed by atoms with Gasteiger partial charge in [0.05, 0.1) is 60.0 Å². The van der Waals surface area contributed by atoms with Gasteiger partial charge in [-0.25, -0.2) is 4.79 Å². The van der Waals surface area contributed by atoms with Crippen LogP contribution in [0.3, 0.4) is 0 Å². The van der Waals surface area contributed by atoms with Crippen molar-refractivity contribution in [3.63, 3.8) is 0 Å². The molecule has 5 aliphatic rings. The lowest BCUT2D eigenvalue weighted by molar-refractivity contribution is -0.387. The minimum atomic E-state index is -2.18. The minimum Gasteiger partial charge on any atom is -0.493 e. The Balaban J connectivity index is 1.18. The SMILES string of the molecule is COc1cc(/C=C/C(=O)O[C@@H]2[C@H](O)[C@@H](O[C@@H]3O[C@@H](C)[C@H](O[C@@H]4OC[C@@H](O)[C@H](O[C@@H]5OC[C@H](O)[C@H](O)[C@H]5O)[C@H]4O)[C@@H](O[C@@H]4OC[C@](O)(CO)[C@H]4O)[C@H]3O)[C@H](O)O[C@@H]2C)cc(OC)c1OC. The Labute approximate surface area is 365 Å². The van der Waals surface area contributed by atoms with Crippen LogP contribution in [0.1, 0.15) is 19.4 Å². The predicted octanol–water partition coefficient (Wildman–Crippen LogP) is -5.66. The molecule has 1 aromatic carbocycles. The molecule has 0 aromatic heterocycles. The van der Waals surface area contributed by atoms with Crippen LogP contribution < -0.4 is 14.2 Å². The van der Waals surface area contributed by atoms with Crippen LogP contribution in [0.5, 0.6) is 17.2 Å². The topological polar surface area (TPSA) is 360 Å². The summed E-state index contributed by atoms with van der Waals surface area (Å²) >= 11 is 0. The third-order valence-corrected chi connectivity index (χ3v) is 11.5. The number of methoxy groups -OCH3 is 3. The van der Waals surface area contributed by atoms with Crippen LogP contribution in [0.25, 0.3) is 6.08 Å². The van der Waals surface area contributed by atoms with Crippen molar-refractivity contribution in [1.29, 1.82) is 0 Å². The molecule has 0 amide bonds. The van der Waals surface area contributed by atoms with Gasteiger partial charge in [-0.3, -0.25) is 0 Å². The Bertz CT molecular complexity index is 1700. The first kappa shape index (κ1) is 50.4. The fraction of sp³-hybridized carbons (Fsp3) is 0.769. The molecule has 0 radical (unpaired) electrons. The number of carbonyl (C=O) groups excluding carboxylic acids is 1. The first-order chi connectivity index (χ1) is 30.4. The summed E-state index contributed by atoms with van der Waals surface area (Å²) in [7, 11) is 4.27. The highest BCUT2D eigenvalue weighted by Gasteiger charge is 2.56. The maximum absolute atomic E-state index is 13.1. The lowest BCUT2D eigenvalue weighted by Gasteiger charge is -2.48. The van der Waals surface area contributed by atoms with Crippen molar-refractivity contribution in [3.8, 4) is 17.2 Å². The van der Waals surface area contributed by atoms with E-state index in [1.165, 1.54) is 41.3 Å². The molecule has 25 nitrogen and oxygen atoms in total. The molecule has 364 valence electrons. The van der Waals surface area contributed by atoms with Gasteiger partial charge < -0.3 is 118 Å². The molecule has 5 aliphatic heterocycles. The molecule has 5 saturated heterocycles. The molecular formula is C39H58O25. The molecule has 6 rings (SSSR count). The third kappa shape index (κ3) is 10.6. The Morgan fingerprint density at radius 2 is 1.22 bits per heavy atom. The van der Waals surface area contributed by atoms with Crippen molar-refractivity contribution >= 4 is 12.0 Å². The van der Waals surface area contributed by atoms with Crippen LogP contribution in [-0.2, 0) is 52.2 Å². The number of esters is 1. The molecular weight excluding hydrogens is 868 g/mol. The Morgan fingerprint density at radius 1 is 0.656 bits per heavy atom. The normalized spacial score (nSPS) is 44.1. The summed E-state index contributed by atoms with van der Waals surface area (Å²) in [5.74, 6) is 0.00782. The Hall–Kier alpha value is -2.97. The van der Waals surface area contributed by atoms with Gasteiger partial charge in [0.2, 0.25) is 5.75 Å². The fourth-order valence-electron chi connectivity index (χ4n) is 7.79. The number of hydrogen-bond donors (Lipinski definition) is 11. The fourth-order valence-corrected chi connectivity index (χ4v) is 7.79. The largest absolute Gasteiger partial charge is 0.493 e. The number of carbonyl (C=O) groups is 1. The van der Waals surface area contributed by atoms with Gasteiger partial charge in [0.15, 0.2) is 49.1 Å². The smallest absolute Gasteiger partial charge is 0.331 e. The molecule has 64 heavy (non-hydrogen) atoms. The first-order valence-electron chi connectivity index (χ1n) is 20.3. The molecule has 25 heteroatoms. The number of benzene rings is 1. The van der Waals surface area contributed by atoms with Crippen LogP contribution >= 0.6 is 0 Å². The van der Waals surface area contributed by atoms with Crippen LogP contribution in [0.2, 0.25) is 0 Å². The average molecular weight is 927 g/mol. The number of aliphatic hydroxyl groups excluding tert-OH is 10. The van der Waals surface area contributed by atoms with Gasteiger partial charge in [0.25, 0.3) is 0 Å². The monoisotopic (exact) mass is 926 g/mol. The van der Waals surface area contributed by atoms with Crippen molar-refractivity contribution < 1.29 is 123 Å². The molecule has 0 bridgehead atoms. The Kier molecular flexibility index (Phi) is 16.8. The summed E-state index contributed by atoms with van der Waals surface area (Å²) in [6, 6.07) is 3.14. The van der Waals surface area contributed by atoms with Crippen molar-refractivity contribution in [2.45, 2.75) is 142 Å². The van der Waals surface area contributed by atoms with Gasteiger partial charge in [-0.05, 0) is 37.6 Å². The van der Waals surface area contributed by atoms with E-state index in [0.29, 0.717) is 22.8 Å². The summed E-state index contributed by atoms with van der Waals surface area (Å²) in [5.41, 5.74) is -1.73. The summed E-state index contributed by atoms with van der Waals surface area (Å²) in [6.45, 7) is 0.281. The summed E-state index contributed by atoms with van der Waals surface area (Å²) < 4.78 is 72.8. The molecule has 11 N–H and O–H groups in total. The minimum absolute atomic E-state index is 0.314. The summed E-state index contributed by atoms with van der Waals surface area (Å²) in [6.07, 6.45) is -30.8. The average Bonchev–Trinajstić information content (AvgIpc) is 3.56. The standard InChI is InChI=1S/C39H58O25/c1-14-27(60-21(43)7-6-16-8-19(52-3)30(54-5)20(9-16)53-4)24(46)32(34(50)58-14)64-37-26(48)31(63-38-33(49)39(51,12-40)13-57-38)28(15(2)59-37)61-36-25(47)29(18(42)11-56-36)62-35-23(45)22(44)17(41)10-55-35/h6-9,14-15,17-18,22-29,31-38,40-42,44-51H,10-13H2,1-5H3/b7-6+/t14-,15+,17+,18-,22+,23-,24+,25-,26-,27+,28+,29+,31+,32-,33+,34-,35+,36+,37+,38+,39-/m1/s1. The lowest BCUT2D eigenvalue weighted by Crippen LogP contribution is -2.66. The lowest BCUT2D eigenvalue weighted by atomic mass is 9.96. The third-order valence-electron chi connectivity index (χ3n) is 11.5. The summed E-state index contributed by atoms with van der Waals surface area (Å²) in [4.78, 5) is 13.1. The second-order valence-corrected chi connectivity index (χ2v) is 15.9. The van der Waals surface area contributed by atoms with Crippen molar-refractivity contribution in [2.24, 2.45) is 0 Å². The van der Waals surface area contributed by atoms with E-state index in [-0.39, 0.29) is 0 Å². The van der Waals surface area contributed by atoms with Gasteiger partial charge in [0.1, 0.15) is 78.8 Å². The highest BCUT2D eigenvalue weighted by atomic mass is 16.8. The van der Waals surface area contributed by atoms with Gasteiger partial charge in [0, 0.05) is 6.08 Å². The van der Waals surface area contributed by atoms with Crippen LogP contribution in [0.15, 0.2) is 18.2 Å². The van der Waals surface area contributed by atoms with Crippen molar-refractivity contribution in [3.05, 3.63) is 23.8 Å². The van der Waals surface area contributed by atoms with Crippen molar-refractivity contribution in [2.75, 3.05) is 47.8 Å². The first-order valence-corrected chi connectivity index (χ1v) is 20.3. The van der Waals surface area contributed by atoms with E-state index in [2.05, 4.69) is 0 Å². The summed E-state index contributed by atoms with van der Waals surface area (Å²) in [5, 5.41) is 118. The van der Waals surface area contributed by atoms with E-state index in [9.17, 15) is 61.0 Å². The molecule has 0 aliphatic carbocycles. The van der Waals surface area contributed by atoms with Crippen molar-refractivity contribution in [1.82, 2.24) is 0 Å². The van der Waals surface area contributed by atoms with Gasteiger partial charge in [-0.1, -0.05) is 0 Å². The van der Waals surface area contributed by atoms with E-state index in [1.807, 2.05) is 0 Å². The molecule has 1 aromatic rings. The zero-order valence-electron chi connectivity index (χ0n) is 35.3. The van der Waals surface area contributed by atoms with Gasteiger partial charge in [-0.15, -0.1) is 0 Å². The zero-order chi connectivity index (χ0) is 46.8. The van der Waals surface area contributed by atoms with Gasteiger partial charge >= 0.3 is 5.97 Å². The van der Waals surface area contributed by atoms with Crippen LogP contribution in [0.4, 0.5) is 0 Å². The van der Waals surface area contributed by atoms with E-state index in [4.69, 9.17) is 61.6 Å². The van der Waals surface area contributed by atoms with E-state index >= 15 is 0 Å². The second-order valence-electron chi connectivity index (χ2n) is 15.9. The van der Waals surface area contributed by atoms with Crippen LogP contribution in [0, 0.1) is 0 Å². The van der Waals surface area contributed by atoms with E-state index < -0.39 is 161 Å². The molecule has 5 fully saturated rings. The molecule has 5 heterocycles. The van der Waals surface area contributed by atoms with E-state index in [1.54, 1.807) is 12.1 Å². The maximum Gasteiger partial charge on any atom is 0.331 e. The number of aliphatic hydroxyl groups is 11. The maximum atomic E-state index is 13.1. The quantitative estimate of drug-likeness (QED) is 0.0577. The molecule has 0 unspecified atom stereocenters.